The lowest BCUT2D eigenvalue weighted by molar-refractivity contribution is 0.0493. The van der Waals surface area contributed by atoms with E-state index in [2.05, 4.69) is 6.92 Å². The van der Waals surface area contributed by atoms with Gasteiger partial charge >= 0.3 is 0 Å². The fraction of sp³-hybridized carbons (Fsp3) is 0.520. The zero-order valence-electron chi connectivity index (χ0n) is 20.0. The predicted octanol–water partition coefficient (Wildman–Crippen LogP) is 4.64. The Morgan fingerprint density at radius 1 is 1.12 bits per heavy atom. The largest absolute Gasteiger partial charge is 0.492 e. The molecular formula is C25H35NO5S2. The van der Waals surface area contributed by atoms with E-state index in [4.69, 9.17) is 9.47 Å². The van der Waals surface area contributed by atoms with Crippen LogP contribution in [0.25, 0.3) is 0 Å². The van der Waals surface area contributed by atoms with Gasteiger partial charge in [0.1, 0.15) is 5.75 Å². The first-order valence-corrected chi connectivity index (χ1v) is 14.5. The summed E-state index contributed by atoms with van der Waals surface area (Å²) >= 11 is 0. The maximum Gasteiger partial charge on any atom is 0.264 e. The van der Waals surface area contributed by atoms with E-state index in [0.717, 1.165) is 38.0 Å². The van der Waals surface area contributed by atoms with Crippen LogP contribution in [0.2, 0.25) is 0 Å². The van der Waals surface area contributed by atoms with Crippen molar-refractivity contribution in [3.05, 3.63) is 48.0 Å². The Hall–Kier alpha value is -1.90. The normalized spacial score (nSPS) is 16.0. The van der Waals surface area contributed by atoms with Crippen LogP contribution in [0.1, 0.15) is 39.2 Å². The number of hydrogen-bond donors (Lipinski definition) is 0. The van der Waals surface area contributed by atoms with Crippen molar-refractivity contribution in [2.45, 2.75) is 49.8 Å². The van der Waals surface area contributed by atoms with Gasteiger partial charge in [0.15, 0.2) is 0 Å². The highest BCUT2D eigenvalue weighted by Gasteiger charge is 2.27. The predicted molar refractivity (Wildman–Crippen MR) is 133 cm³/mol. The summed E-state index contributed by atoms with van der Waals surface area (Å²) in [4.78, 5) is 0.514. The maximum absolute atomic E-state index is 13.7. The molecule has 0 N–H and O–H groups in total. The smallest absolute Gasteiger partial charge is 0.264 e. The third-order valence-corrected chi connectivity index (χ3v) is 8.52. The molecule has 6 nitrogen and oxygen atoms in total. The summed E-state index contributed by atoms with van der Waals surface area (Å²) in [6.45, 7) is 8.34. The molecule has 8 heteroatoms. The van der Waals surface area contributed by atoms with Crippen molar-refractivity contribution in [3.63, 3.8) is 0 Å². The number of benzene rings is 2. The second kappa shape index (κ2) is 11.5. The monoisotopic (exact) mass is 493 g/mol. The minimum Gasteiger partial charge on any atom is -0.492 e. The highest BCUT2D eigenvalue weighted by molar-refractivity contribution is 7.93. The molecule has 1 fully saturated rings. The Balaban J connectivity index is 1.91. The molecule has 1 aliphatic rings. The summed E-state index contributed by atoms with van der Waals surface area (Å²) in [5.74, 6) is 0.990. The lowest BCUT2D eigenvalue weighted by atomic mass is 10.0. The van der Waals surface area contributed by atoms with Gasteiger partial charge in [-0.05, 0) is 67.0 Å². The van der Waals surface area contributed by atoms with Gasteiger partial charge in [-0.3, -0.25) is 8.51 Å². The van der Waals surface area contributed by atoms with Crippen LogP contribution >= 0.6 is 0 Å². The molecular weight excluding hydrogens is 458 g/mol. The van der Waals surface area contributed by atoms with Gasteiger partial charge in [0.2, 0.25) is 0 Å². The first kappa shape index (κ1) is 25.7. The van der Waals surface area contributed by atoms with Crippen molar-refractivity contribution in [3.8, 4) is 5.75 Å². The lowest BCUT2D eigenvalue weighted by Gasteiger charge is -2.27. The second-order valence-corrected chi connectivity index (χ2v) is 12.1. The van der Waals surface area contributed by atoms with Gasteiger partial charge in [0.25, 0.3) is 10.0 Å². The van der Waals surface area contributed by atoms with Crippen LogP contribution in [0.3, 0.4) is 0 Å². The van der Waals surface area contributed by atoms with E-state index in [0.29, 0.717) is 35.4 Å². The van der Waals surface area contributed by atoms with Gasteiger partial charge < -0.3 is 9.47 Å². The number of nitrogens with zero attached hydrogens (tertiary/aromatic N) is 1. The Kier molecular flexibility index (Phi) is 8.95. The molecule has 1 heterocycles. The molecule has 1 saturated heterocycles. The van der Waals surface area contributed by atoms with Gasteiger partial charge in [0.05, 0.1) is 32.9 Å². The summed E-state index contributed by atoms with van der Waals surface area (Å²) in [6, 6.07) is 12.3. The molecule has 33 heavy (non-hydrogen) atoms. The van der Waals surface area contributed by atoms with Crippen LogP contribution in [0.5, 0.6) is 5.75 Å². The van der Waals surface area contributed by atoms with Gasteiger partial charge in [-0.2, -0.15) is 0 Å². The Morgan fingerprint density at radius 2 is 1.79 bits per heavy atom. The molecule has 2 aromatic rings. The highest BCUT2D eigenvalue weighted by atomic mass is 32.2. The molecule has 1 atom stereocenters. The molecule has 0 radical (unpaired) electrons. The molecule has 1 aliphatic heterocycles. The number of hydrogen-bond acceptors (Lipinski definition) is 5. The summed E-state index contributed by atoms with van der Waals surface area (Å²) in [6.07, 6.45) is 4.29. The minimum absolute atomic E-state index is 0.117. The summed E-state index contributed by atoms with van der Waals surface area (Å²) in [5, 5.41) is 0. The van der Waals surface area contributed by atoms with E-state index in [-0.39, 0.29) is 10.8 Å². The van der Waals surface area contributed by atoms with E-state index in [1.165, 1.54) is 10.4 Å². The van der Waals surface area contributed by atoms with Crippen molar-refractivity contribution in [1.29, 1.82) is 0 Å². The van der Waals surface area contributed by atoms with Crippen LogP contribution in [0.15, 0.2) is 52.3 Å². The van der Waals surface area contributed by atoms with E-state index in [1.54, 1.807) is 18.4 Å². The van der Waals surface area contributed by atoms with Crippen LogP contribution < -0.4 is 9.04 Å². The van der Waals surface area contributed by atoms with E-state index < -0.39 is 20.8 Å². The first-order chi connectivity index (χ1) is 15.7. The molecule has 3 rings (SSSR count). The van der Waals surface area contributed by atoms with Crippen molar-refractivity contribution in [1.82, 2.24) is 0 Å². The fourth-order valence-corrected chi connectivity index (χ4v) is 6.25. The topological polar surface area (TPSA) is 72.9 Å². The van der Waals surface area contributed by atoms with Crippen LogP contribution in [0, 0.1) is 11.8 Å². The zero-order valence-corrected chi connectivity index (χ0v) is 21.6. The summed E-state index contributed by atoms with van der Waals surface area (Å²) in [5.41, 5.74) is 1.77. The SMILES string of the molecule is CCc1ccc(N(CC(C)C)S(=O)(=O)c2ccc(OCC3CCOCC3)c([S@@](C)=O)c2)cc1. The highest BCUT2D eigenvalue weighted by Crippen LogP contribution is 2.31. The average Bonchev–Trinajstić information content (AvgIpc) is 2.81. The summed E-state index contributed by atoms with van der Waals surface area (Å²) < 4.78 is 52.7. The molecule has 0 amide bonds. The first-order valence-electron chi connectivity index (χ1n) is 11.5. The minimum atomic E-state index is -3.85. The van der Waals surface area contributed by atoms with Gasteiger partial charge in [-0.15, -0.1) is 0 Å². The van der Waals surface area contributed by atoms with Crippen molar-refractivity contribution in [2.75, 3.05) is 36.9 Å². The molecule has 0 aliphatic carbocycles. The number of anilines is 1. The number of sulfonamides is 1. The quantitative estimate of drug-likeness (QED) is 0.482. The van der Waals surface area contributed by atoms with E-state index in [1.807, 2.05) is 38.1 Å². The number of rotatable bonds is 10. The lowest BCUT2D eigenvalue weighted by Crippen LogP contribution is -2.34. The van der Waals surface area contributed by atoms with E-state index >= 15 is 0 Å². The van der Waals surface area contributed by atoms with Gasteiger partial charge in [0, 0.05) is 26.0 Å². The molecule has 0 unspecified atom stereocenters. The molecule has 0 spiro atoms. The average molecular weight is 494 g/mol. The van der Waals surface area contributed by atoms with Crippen LogP contribution in [-0.4, -0.2) is 45.2 Å². The Morgan fingerprint density at radius 3 is 2.36 bits per heavy atom. The third kappa shape index (κ3) is 6.58. The van der Waals surface area contributed by atoms with Crippen LogP contribution in [-0.2, 0) is 32.0 Å². The van der Waals surface area contributed by atoms with Gasteiger partial charge in [-0.25, -0.2) is 8.42 Å². The fourth-order valence-electron chi connectivity index (χ4n) is 3.81. The summed E-state index contributed by atoms with van der Waals surface area (Å²) in [7, 11) is -5.25. The van der Waals surface area contributed by atoms with E-state index in [9.17, 15) is 12.6 Å². The maximum atomic E-state index is 13.7. The van der Waals surface area contributed by atoms with Crippen molar-refractivity contribution >= 4 is 26.5 Å². The Bertz CT molecular complexity index is 1040. The number of ether oxygens (including phenoxy) is 2. The molecule has 2 aromatic carbocycles. The van der Waals surface area contributed by atoms with Gasteiger partial charge in [-0.1, -0.05) is 32.9 Å². The Labute approximate surface area is 200 Å². The second-order valence-electron chi connectivity index (χ2n) is 8.88. The number of aryl methyl sites for hydroxylation is 1. The molecule has 0 saturated carbocycles. The van der Waals surface area contributed by atoms with Crippen molar-refractivity contribution < 1.29 is 22.1 Å². The molecule has 0 aromatic heterocycles. The van der Waals surface area contributed by atoms with Crippen molar-refractivity contribution in [2.24, 2.45) is 11.8 Å². The van der Waals surface area contributed by atoms with Crippen LogP contribution in [0.4, 0.5) is 5.69 Å². The zero-order chi connectivity index (χ0) is 24.0. The molecule has 182 valence electrons. The molecule has 0 bridgehead atoms. The standard InChI is InChI=1S/C25H35NO5S2/c1-5-20-6-8-22(9-7-20)26(17-19(2)3)33(28,29)23-10-11-24(25(16-23)32(4)27)31-18-21-12-14-30-15-13-21/h6-11,16,19,21H,5,12-15,17-18H2,1-4H3/t32-/m1/s1. The third-order valence-electron chi connectivity index (χ3n) is 5.79.